The minimum absolute atomic E-state index is 0.00747. The molecule has 0 aliphatic heterocycles. The Morgan fingerprint density at radius 3 is 2.64 bits per heavy atom. The topological polar surface area (TPSA) is 47.6 Å². The van der Waals surface area contributed by atoms with E-state index in [1.807, 2.05) is 50.2 Å². The predicted octanol–water partition coefficient (Wildman–Crippen LogP) is 4.37. The van der Waals surface area contributed by atoms with Crippen LogP contribution in [-0.2, 0) is 17.6 Å². The van der Waals surface area contributed by atoms with Crippen LogP contribution in [0.3, 0.4) is 0 Å². The lowest BCUT2D eigenvalue weighted by atomic mass is 9.91. The molecule has 4 nitrogen and oxygen atoms in total. The van der Waals surface area contributed by atoms with Gasteiger partial charge in [-0.15, -0.1) is 0 Å². The number of nitrogens with one attached hydrogen (secondary N) is 1. The van der Waals surface area contributed by atoms with Crippen LogP contribution in [0, 0.1) is 0 Å². The first-order valence-electron chi connectivity index (χ1n) is 8.92. The molecule has 0 spiro atoms. The SMILES string of the molecule is CC(C)Oc1ccccc1NC(=O)COc1cccc2c1CCCC2. The van der Waals surface area contributed by atoms with Gasteiger partial charge in [-0.2, -0.15) is 0 Å². The van der Waals surface area contributed by atoms with Gasteiger partial charge in [0, 0.05) is 0 Å². The van der Waals surface area contributed by atoms with Crippen molar-refractivity contribution in [2.75, 3.05) is 11.9 Å². The standard InChI is InChI=1S/C21H25NO3/c1-15(2)25-20-12-6-5-11-18(20)22-21(23)14-24-19-13-7-9-16-8-3-4-10-17(16)19/h5-7,9,11-13,15H,3-4,8,10,14H2,1-2H3,(H,22,23). The van der Waals surface area contributed by atoms with Gasteiger partial charge in [0.05, 0.1) is 11.8 Å². The van der Waals surface area contributed by atoms with Gasteiger partial charge >= 0.3 is 0 Å². The number of aryl methyl sites for hydroxylation is 1. The molecular formula is C21H25NO3. The Morgan fingerprint density at radius 1 is 1.04 bits per heavy atom. The molecule has 1 N–H and O–H groups in total. The van der Waals surface area contributed by atoms with Crippen LogP contribution >= 0.6 is 0 Å². The van der Waals surface area contributed by atoms with Crippen molar-refractivity contribution in [3.05, 3.63) is 53.6 Å². The molecule has 25 heavy (non-hydrogen) atoms. The maximum atomic E-state index is 12.3. The summed E-state index contributed by atoms with van der Waals surface area (Å²) >= 11 is 0. The number of hydrogen-bond donors (Lipinski definition) is 1. The fraction of sp³-hybridized carbons (Fsp3) is 0.381. The van der Waals surface area contributed by atoms with Gasteiger partial charge in [-0.05, 0) is 68.9 Å². The number of carbonyl (C=O) groups excluding carboxylic acids is 1. The molecule has 0 fully saturated rings. The highest BCUT2D eigenvalue weighted by atomic mass is 16.5. The van der Waals surface area contributed by atoms with Gasteiger partial charge < -0.3 is 14.8 Å². The Kier molecular flexibility index (Phi) is 5.59. The van der Waals surface area contributed by atoms with Gasteiger partial charge in [0.2, 0.25) is 0 Å². The summed E-state index contributed by atoms with van der Waals surface area (Å²) < 4.78 is 11.5. The number of anilines is 1. The summed E-state index contributed by atoms with van der Waals surface area (Å²) in [7, 11) is 0. The van der Waals surface area contributed by atoms with E-state index in [-0.39, 0.29) is 18.6 Å². The van der Waals surface area contributed by atoms with E-state index in [1.165, 1.54) is 24.0 Å². The van der Waals surface area contributed by atoms with Crippen LogP contribution in [0.5, 0.6) is 11.5 Å². The number of amides is 1. The Bertz CT molecular complexity index is 740. The molecular weight excluding hydrogens is 314 g/mol. The predicted molar refractivity (Wildman–Crippen MR) is 99.4 cm³/mol. The van der Waals surface area contributed by atoms with E-state index in [1.54, 1.807) is 0 Å². The maximum Gasteiger partial charge on any atom is 0.262 e. The summed E-state index contributed by atoms with van der Waals surface area (Å²) in [6, 6.07) is 13.6. The van der Waals surface area contributed by atoms with Crippen molar-refractivity contribution in [2.45, 2.75) is 45.6 Å². The van der Waals surface area contributed by atoms with Crippen LogP contribution in [-0.4, -0.2) is 18.6 Å². The average molecular weight is 339 g/mol. The van der Waals surface area contributed by atoms with Gasteiger partial charge in [0.1, 0.15) is 11.5 Å². The molecule has 0 radical (unpaired) electrons. The number of para-hydroxylation sites is 2. The van der Waals surface area contributed by atoms with E-state index in [0.29, 0.717) is 11.4 Å². The van der Waals surface area contributed by atoms with E-state index in [9.17, 15) is 4.79 Å². The number of rotatable bonds is 6. The summed E-state index contributed by atoms with van der Waals surface area (Å²) in [6.45, 7) is 3.91. The Labute approximate surface area is 149 Å². The van der Waals surface area contributed by atoms with E-state index in [0.717, 1.165) is 18.6 Å². The zero-order chi connectivity index (χ0) is 17.6. The van der Waals surface area contributed by atoms with Crippen LogP contribution in [0.1, 0.15) is 37.8 Å². The number of fused-ring (bicyclic) bond motifs is 1. The fourth-order valence-corrected chi connectivity index (χ4v) is 3.14. The first kappa shape index (κ1) is 17.3. The molecule has 3 rings (SSSR count). The average Bonchev–Trinajstić information content (AvgIpc) is 2.61. The quantitative estimate of drug-likeness (QED) is 0.850. The molecule has 2 aromatic rings. The molecule has 0 atom stereocenters. The molecule has 4 heteroatoms. The lowest BCUT2D eigenvalue weighted by Gasteiger charge is -2.19. The summed E-state index contributed by atoms with van der Waals surface area (Å²) in [5.74, 6) is 1.32. The minimum atomic E-state index is -0.187. The fourth-order valence-electron chi connectivity index (χ4n) is 3.14. The molecule has 1 amide bonds. The third kappa shape index (κ3) is 4.53. The van der Waals surface area contributed by atoms with Crippen LogP contribution in [0.25, 0.3) is 0 Å². The smallest absolute Gasteiger partial charge is 0.262 e. The van der Waals surface area contributed by atoms with E-state index in [2.05, 4.69) is 11.4 Å². The summed E-state index contributed by atoms with van der Waals surface area (Å²) in [5.41, 5.74) is 3.27. The molecule has 2 aromatic carbocycles. The Hall–Kier alpha value is -2.49. The Morgan fingerprint density at radius 2 is 1.80 bits per heavy atom. The molecule has 0 saturated carbocycles. The number of benzene rings is 2. The second-order valence-corrected chi connectivity index (χ2v) is 6.60. The van der Waals surface area contributed by atoms with Crippen molar-refractivity contribution in [2.24, 2.45) is 0 Å². The summed E-state index contributed by atoms with van der Waals surface area (Å²) in [5, 5.41) is 2.88. The molecule has 0 bridgehead atoms. The summed E-state index contributed by atoms with van der Waals surface area (Å²) in [6.07, 6.45) is 4.57. The van der Waals surface area contributed by atoms with Crippen LogP contribution in [0.15, 0.2) is 42.5 Å². The molecule has 132 valence electrons. The third-order valence-corrected chi connectivity index (χ3v) is 4.24. The van der Waals surface area contributed by atoms with Gasteiger partial charge in [-0.25, -0.2) is 0 Å². The molecule has 0 aromatic heterocycles. The lowest BCUT2D eigenvalue weighted by molar-refractivity contribution is -0.118. The first-order chi connectivity index (χ1) is 12.1. The second kappa shape index (κ2) is 8.06. The lowest BCUT2D eigenvalue weighted by Crippen LogP contribution is -2.21. The number of carbonyl (C=O) groups is 1. The van der Waals surface area contributed by atoms with E-state index >= 15 is 0 Å². The molecule has 1 aliphatic carbocycles. The van der Waals surface area contributed by atoms with Gasteiger partial charge in [-0.1, -0.05) is 24.3 Å². The van der Waals surface area contributed by atoms with Crippen LogP contribution in [0.4, 0.5) is 5.69 Å². The molecule has 0 saturated heterocycles. The van der Waals surface area contributed by atoms with Crippen molar-refractivity contribution in [3.63, 3.8) is 0 Å². The third-order valence-electron chi connectivity index (χ3n) is 4.24. The van der Waals surface area contributed by atoms with Crippen molar-refractivity contribution >= 4 is 11.6 Å². The van der Waals surface area contributed by atoms with Gasteiger partial charge in [0.25, 0.3) is 5.91 Å². The molecule has 1 aliphatic rings. The zero-order valence-electron chi connectivity index (χ0n) is 14.9. The largest absolute Gasteiger partial charge is 0.489 e. The van der Waals surface area contributed by atoms with Gasteiger partial charge in [-0.3, -0.25) is 4.79 Å². The maximum absolute atomic E-state index is 12.3. The van der Waals surface area contributed by atoms with Gasteiger partial charge in [0.15, 0.2) is 6.61 Å². The van der Waals surface area contributed by atoms with Crippen LogP contribution < -0.4 is 14.8 Å². The minimum Gasteiger partial charge on any atom is -0.489 e. The zero-order valence-corrected chi connectivity index (χ0v) is 14.9. The monoisotopic (exact) mass is 339 g/mol. The molecule has 0 heterocycles. The Balaban J connectivity index is 1.63. The highest BCUT2D eigenvalue weighted by Gasteiger charge is 2.15. The van der Waals surface area contributed by atoms with Crippen molar-refractivity contribution in [1.82, 2.24) is 0 Å². The second-order valence-electron chi connectivity index (χ2n) is 6.60. The highest BCUT2D eigenvalue weighted by Crippen LogP contribution is 2.29. The van der Waals surface area contributed by atoms with Crippen molar-refractivity contribution in [1.29, 1.82) is 0 Å². The van der Waals surface area contributed by atoms with Crippen molar-refractivity contribution in [3.8, 4) is 11.5 Å². The molecule has 0 unspecified atom stereocenters. The summed E-state index contributed by atoms with van der Waals surface area (Å²) in [4.78, 5) is 12.3. The van der Waals surface area contributed by atoms with Crippen LogP contribution in [0.2, 0.25) is 0 Å². The van der Waals surface area contributed by atoms with E-state index < -0.39 is 0 Å². The normalized spacial score (nSPS) is 13.2. The van der Waals surface area contributed by atoms with Crippen molar-refractivity contribution < 1.29 is 14.3 Å². The number of ether oxygens (including phenoxy) is 2. The number of hydrogen-bond acceptors (Lipinski definition) is 3. The first-order valence-corrected chi connectivity index (χ1v) is 8.92. The van der Waals surface area contributed by atoms with E-state index in [4.69, 9.17) is 9.47 Å². The highest BCUT2D eigenvalue weighted by molar-refractivity contribution is 5.93.